The van der Waals surface area contributed by atoms with Gasteiger partial charge in [-0.25, -0.2) is 0 Å². The van der Waals surface area contributed by atoms with Crippen LogP contribution in [0.4, 0.5) is 5.69 Å². The third kappa shape index (κ3) is 3.72. The highest BCUT2D eigenvalue weighted by Gasteiger charge is 2.22. The zero-order chi connectivity index (χ0) is 12.7. The molecule has 2 atom stereocenters. The SMILES string of the molecule is CCN(c1ccccc1)C(CN)C(C)COC. The standard InChI is InChI=1S/C14H24N2O/c1-4-16(13-8-6-5-7-9-13)14(10-15)12(2)11-17-3/h5-9,12,14H,4,10-11,15H2,1-3H3. The van der Waals surface area contributed by atoms with Gasteiger partial charge in [0.25, 0.3) is 0 Å². The van der Waals surface area contributed by atoms with Crippen LogP contribution in [-0.2, 0) is 4.74 Å². The third-order valence-electron chi connectivity index (χ3n) is 3.16. The van der Waals surface area contributed by atoms with Crippen molar-refractivity contribution in [3.05, 3.63) is 30.3 Å². The van der Waals surface area contributed by atoms with E-state index in [1.807, 2.05) is 6.07 Å². The highest BCUT2D eigenvalue weighted by atomic mass is 16.5. The van der Waals surface area contributed by atoms with Crippen LogP contribution in [0.3, 0.4) is 0 Å². The number of nitrogens with zero attached hydrogens (tertiary/aromatic N) is 1. The summed E-state index contributed by atoms with van der Waals surface area (Å²) in [6.45, 7) is 6.69. The molecule has 0 fully saturated rings. The molecule has 0 bridgehead atoms. The maximum absolute atomic E-state index is 5.92. The minimum atomic E-state index is 0.322. The Balaban J connectivity index is 2.83. The summed E-state index contributed by atoms with van der Waals surface area (Å²) in [5.74, 6) is 0.421. The molecule has 1 aromatic rings. The minimum Gasteiger partial charge on any atom is -0.384 e. The first kappa shape index (κ1) is 14.0. The summed E-state index contributed by atoms with van der Waals surface area (Å²) in [6.07, 6.45) is 0. The number of hydrogen-bond donors (Lipinski definition) is 1. The van der Waals surface area contributed by atoms with Gasteiger partial charge in [0.1, 0.15) is 0 Å². The molecule has 0 heterocycles. The Labute approximate surface area is 105 Å². The van der Waals surface area contributed by atoms with Crippen LogP contribution in [0.2, 0.25) is 0 Å². The van der Waals surface area contributed by atoms with Crippen LogP contribution < -0.4 is 10.6 Å². The Bertz CT molecular complexity index is 302. The van der Waals surface area contributed by atoms with Gasteiger partial charge in [-0.1, -0.05) is 25.1 Å². The van der Waals surface area contributed by atoms with Gasteiger partial charge < -0.3 is 15.4 Å². The minimum absolute atomic E-state index is 0.322. The summed E-state index contributed by atoms with van der Waals surface area (Å²) in [5, 5.41) is 0. The molecule has 0 aliphatic rings. The van der Waals surface area contributed by atoms with Crippen molar-refractivity contribution in [3.63, 3.8) is 0 Å². The molecule has 96 valence electrons. The Kier molecular flexibility index (Phi) is 6.01. The molecule has 2 unspecified atom stereocenters. The van der Waals surface area contributed by atoms with Crippen LogP contribution in [-0.4, -0.2) is 32.8 Å². The maximum atomic E-state index is 5.92. The zero-order valence-electron chi connectivity index (χ0n) is 11.1. The van der Waals surface area contributed by atoms with Crippen molar-refractivity contribution in [2.75, 3.05) is 31.7 Å². The van der Waals surface area contributed by atoms with Crippen LogP contribution in [0, 0.1) is 5.92 Å². The molecule has 17 heavy (non-hydrogen) atoms. The number of hydrogen-bond acceptors (Lipinski definition) is 3. The van der Waals surface area contributed by atoms with Crippen molar-refractivity contribution in [2.45, 2.75) is 19.9 Å². The monoisotopic (exact) mass is 236 g/mol. The summed E-state index contributed by atoms with van der Waals surface area (Å²) in [6, 6.07) is 10.7. The van der Waals surface area contributed by atoms with E-state index in [1.165, 1.54) is 5.69 Å². The largest absolute Gasteiger partial charge is 0.384 e. The number of nitrogens with two attached hydrogens (primary N) is 1. The van der Waals surface area contributed by atoms with Gasteiger partial charge >= 0.3 is 0 Å². The van der Waals surface area contributed by atoms with Crippen molar-refractivity contribution in [1.82, 2.24) is 0 Å². The molecule has 3 heteroatoms. The fraction of sp³-hybridized carbons (Fsp3) is 0.571. The average Bonchev–Trinajstić information content (AvgIpc) is 2.37. The lowest BCUT2D eigenvalue weighted by molar-refractivity contribution is 0.146. The van der Waals surface area contributed by atoms with E-state index in [2.05, 4.69) is 43.0 Å². The van der Waals surface area contributed by atoms with Gasteiger partial charge in [0.05, 0.1) is 6.61 Å². The predicted molar refractivity (Wildman–Crippen MR) is 73.3 cm³/mol. The Morgan fingerprint density at radius 1 is 1.29 bits per heavy atom. The molecular weight excluding hydrogens is 212 g/mol. The third-order valence-corrected chi connectivity index (χ3v) is 3.16. The molecule has 0 amide bonds. The smallest absolute Gasteiger partial charge is 0.0507 e. The van der Waals surface area contributed by atoms with Gasteiger partial charge in [0.15, 0.2) is 0 Å². The first-order chi connectivity index (χ1) is 8.24. The van der Waals surface area contributed by atoms with Gasteiger partial charge in [0.2, 0.25) is 0 Å². The molecule has 0 radical (unpaired) electrons. The van der Waals surface area contributed by atoms with Crippen molar-refractivity contribution in [2.24, 2.45) is 11.7 Å². The summed E-state index contributed by atoms with van der Waals surface area (Å²) in [5.41, 5.74) is 7.15. The van der Waals surface area contributed by atoms with Gasteiger partial charge in [0, 0.05) is 37.8 Å². The van der Waals surface area contributed by atoms with Crippen molar-refractivity contribution < 1.29 is 4.74 Å². The summed E-state index contributed by atoms with van der Waals surface area (Å²) >= 11 is 0. The maximum Gasteiger partial charge on any atom is 0.0507 e. The van der Waals surface area contributed by atoms with E-state index in [4.69, 9.17) is 10.5 Å². The molecule has 0 aromatic heterocycles. The second kappa shape index (κ2) is 7.30. The molecule has 0 saturated heterocycles. The molecule has 3 nitrogen and oxygen atoms in total. The Hall–Kier alpha value is -1.06. The van der Waals surface area contributed by atoms with Crippen LogP contribution >= 0.6 is 0 Å². The van der Waals surface area contributed by atoms with Crippen molar-refractivity contribution in [1.29, 1.82) is 0 Å². The van der Waals surface area contributed by atoms with E-state index >= 15 is 0 Å². The average molecular weight is 236 g/mol. The second-order valence-corrected chi connectivity index (χ2v) is 4.36. The summed E-state index contributed by atoms with van der Waals surface area (Å²) in [4.78, 5) is 2.35. The van der Waals surface area contributed by atoms with E-state index in [-0.39, 0.29) is 0 Å². The summed E-state index contributed by atoms with van der Waals surface area (Å²) < 4.78 is 5.23. The molecule has 0 spiro atoms. The normalized spacial score (nSPS) is 14.4. The quantitative estimate of drug-likeness (QED) is 0.788. The Morgan fingerprint density at radius 2 is 1.94 bits per heavy atom. The number of ether oxygens (including phenoxy) is 1. The van der Waals surface area contributed by atoms with Crippen LogP contribution in [0.5, 0.6) is 0 Å². The fourth-order valence-corrected chi connectivity index (χ4v) is 2.27. The molecule has 2 N–H and O–H groups in total. The lowest BCUT2D eigenvalue weighted by Gasteiger charge is -2.35. The topological polar surface area (TPSA) is 38.5 Å². The predicted octanol–water partition coefficient (Wildman–Crippen LogP) is 2.12. The fourth-order valence-electron chi connectivity index (χ4n) is 2.27. The van der Waals surface area contributed by atoms with Crippen LogP contribution in [0.25, 0.3) is 0 Å². The number of methoxy groups -OCH3 is 1. The first-order valence-corrected chi connectivity index (χ1v) is 6.25. The molecule has 0 saturated carbocycles. The molecule has 0 aliphatic heterocycles. The first-order valence-electron chi connectivity index (χ1n) is 6.25. The number of para-hydroxylation sites is 1. The molecular formula is C14H24N2O. The number of likely N-dealkylation sites (N-methyl/N-ethyl adjacent to an activating group) is 1. The molecule has 1 aromatic carbocycles. The van der Waals surface area contributed by atoms with E-state index < -0.39 is 0 Å². The van der Waals surface area contributed by atoms with Crippen LogP contribution in [0.15, 0.2) is 30.3 Å². The highest BCUT2D eigenvalue weighted by Crippen LogP contribution is 2.20. The lowest BCUT2D eigenvalue weighted by atomic mass is 10.0. The van der Waals surface area contributed by atoms with E-state index in [9.17, 15) is 0 Å². The second-order valence-electron chi connectivity index (χ2n) is 4.36. The number of rotatable bonds is 7. The van der Waals surface area contributed by atoms with E-state index in [0.29, 0.717) is 18.5 Å². The van der Waals surface area contributed by atoms with Crippen LogP contribution in [0.1, 0.15) is 13.8 Å². The molecule has 1 rings (SSSR count). The zero-order valence-corrected chi connectivity index (χ0v) is 11.1. The number of anilines is 1. The van der Waals surface area contributed by atoms with E-state index in [0.717, 1.165) is 13.2 Å². The Morgan fingerprint density at radius 3 is 2.41 bits per heavy atom. The highest BCUT2D eigenvalue weighted by molar-refractivity contribution is 5.47. The van der Waals surface area contributed by atoms with E-state index in [1.54, 1.807) is 7.11 Å². The summed E-state index contributed by atoms with van der Waals surface area (Å²) in [7, 11) is 1.74. The van der Waals surface area contributed by atoms with Gasteiger partial charge in [-0.05, 0) is 19.1 Å². The number of benzene rings is 1. The van der Waals surface area contributed by atoms with Gasteiger partial charge in [-0.3, -0.25) is 0 Å². The lowest BCUT2D eigenvalue weighted by Crippen LogP contribution is -2.46. The van der Waals surface area contributed by atoms with Gasteiger partial charge in [-0.15, -0.1) is 0 Å². The van der Waals surface area contributed by atoms with Crippen molar-refractivity contribution >= 4 is 5.69 Å². The van der Waals surface area contributed by atoms with Crippen molar-refractivity contribution in [3.8, 4) is 0 Å². The molecule has 0 aliphatic carbocycles. The van der Waals surface area contributed by atoms with Gasteiger partial charge in [-0.2, -0.15) is 0 Å².